The van der Waals surface area contributed by atoms with E-state index in [9.17, 15) is 40.5 Å². The van der Waals surface area contributed by atoms with Gasteiger partial charge in [0.25, 0.3) is 0 Å². The van der Waals surface area contributed by atoms with Crippen LogP contribution in [-0.2, 0) is 33.2 Å². The van der Waals surface area contributed by atoms with Crippen molar-refractivity contribution in [2.75, 3.05) is 33.0 Å². The summed E-state index contributed by atoms with van der Waals surface area (Å²) in [4.78, 5) is 13.1. The van der Waals surface area contributed by atoms with Crippen LogP contribution in [-0.4, -0.2) is 142 Å². The average molecular weight is 1070 g/mol. The van der Waals surface area contributed by atoms with Gasteiger partial charge in [-0.3, -0.25) is 4.79 Å². The standard InChI is InChI=1S/C61H114O14/c1-3-5-7-9-11-13-15-17-19-21-23-24-25-26-27-28-30-32-34-36-38-40-42-44-53(63)73-50(47-70-45-43-41-39-37-35-33-31-29-22-20-18-16-14-12-10-8-6-4-2)48-71-60-59(69)57(67)55(65)52(75-60)49-72-61-58(68)56(66)54(64)51(46-62)74-61/h12,14,18,20,50-52,54-62,64-69H,3-11,13,15-17,19,21-49H2,1-2H3/b14-12-,20-18-. The SMILES string of the molecule is CCCCC/C=C\C/C=C\CCCCCCCCCCOCC(COC1OC(COC2OC(CO)C(O)C(O)C2O)C(O)C(O)C1O)OC(=O)CCCCCCCCCCCCCCCCCCCCCCCCC. The molecule has 11 atom stereocenters. The molecule has 2 aliphatic heterocycles. The molecule has 0 amide bonds. The van der Waals surface area contributed by atoms with Crippen LogP contribution in [0.3, 0.4) is 0 Å². The summed E-state index contributed by atoms with van der Waals surface area (Å²) in [6.07, 6.45) is 39.5. The Morgan fingerprint density at radius 1 is 0.440 bits per heavy atom. The van der Waals surface area contributed by atoms with Crippen molar-refractivity contribution in [3.05, 3.63) is 24.3 Å². The van der Waals surface area contributed by atoms with E-state index >= 15 is 0 Å². The number of rotatable bonds is 51. The lowest BCUT2D eigenvalue weighted by Crippen LogP contribution is -2.61. The molecule has 2 saturated heterocycles. The van der Waals surface area contributed by atoms with Crippen LogP contribution in [0.25, 0.3) is 0 Å². The van der Waals surface area contributed by atoms with Gasteiger partial charge >= 0.3 is 5.97 Å². The maximum absolute atomic E-state index is 13.1. The van der Waals surface area contributed by atoms with Crippen LogP contribution >= 0.6 is 0 Å². The van der Waals surface area contributed by atoms with Crippen molar-refractivity contribution in [3.8, 4) is 0 Å². The van der Waals surface area contributed by atoms with Crippen LogP contribution in [0, 0.1) is 0 Å². The van der Waals surface area contributed by atoms with E-state index in [0.29, 0.717) is 13.0 Å². The molecule has 7 N–H and O–H groups in total. The highest BCUT2D eigenvalue weighted by atomic mass is 16.7. The number of aliphatic hydroxyl groups is 7. The predicted octanol–water partition coefficient (Wildman–Crippen LogP) is 11.5. The summed E-state index contributed by atoms with van der Waals surface area (Å²) in [6, 6.07) is 0. The summed E-state index contributed by atoms with van der Waals surface area (Å²) in [7, 11) is 0. The largest absolute Gasteiger partial charge is 0.457 e. The number of aliphatic hydroxyl groups excluding tert-OH is 7. The first-order chi connectivity index (χ1) is 36.6. The molecule has 14 heteroatoms. The Hall–Kier alpha value is -1.53. The molecule has 11 unspecified atom stereocenters. The zero-order valence-electron chi connectivity index (χ0n) is 47.6. The zero-order chi connectivity index (χ0) is 54.4. The van der Waals surface area contributed by atoms with Gasteiger partial charge in [0.15, 0.2) is 12.6 Å². The molecule has 0 radical (unpaired) electrons. The lowest BCUT2D eigenvalue weighted by atomic mass is 9.98. The number of esters is 1. The van der Waals surface area contributed by atoms with Crippen LogP contribution in [0.2, 0.25) is 0 Å². The van der Waals surface area contributed by atoms with E-state index in [1.54, 1.807) is 0 Å². The summed E-state index contributed by atoms with van der Waals surface area (Å²) in [5.41, 5.74) is 0. The van der Waals surface area contributed by atoms with Gasteiger partial charge in [0, 0.05) is 13.0 Å². The van der Waals surface area contributed by atoms with Gasteiger partial charge in [0.05, 0.1) is 26.4 Å². The Morgan fingerprint density at radius 3 is 1.31 bits per heavy atom. The van der Waals surface area contributed by atoms with Gasteiger partial charge in [-0.05, 0) is 44.9 Å². The highest BCUT2D eigenvalue weighted by Gasteiger charge is 2.47. The highest BCUT2D eigenvalue weighted by Crippen LogP contribution is 2.27. The number of hydrogen-bond acceptors (Lipinski definition) is 14. The minimum atomic E-state index is -1.71. The van der Waals surface area contributed by atoms with Gasteiger partial charge in [-0.25, -0.2) is 0 Å². The van der Waals surface area contributed by atoms with Gasteiger partial charge in [0.1, 0.15) is 54.9 Å². The smallest absolute Gasteiger partial charge is 0.306 e. The third-order valence-electron chi connectivity index (χ3n) is 15.0. The van der Waals surface area contributed by atoms with E-state index in [-0.39, 0.29) is 25.6 Å². The Kier molecular flexibility index (Phi) is 44.9. The Balaban J connectivity index is 1.68. The van der Waals surface area contributed by atoms with E-state index in [1.165, 1.54) is 180 Å². The van der Waals surface area contributed by atoms with Crippen LogP contribution in [0.4, 0.5) is 0 Å². The lowest BCUT2D eigenvalue weighted by Gasteiger charge is -2.42. The third kappa shape index (κ3) is 35.0. The fraction of sp³-hybridized carbons (Fsp3) is 0.918. The Morgan fingerprint density at radius 2 is 0.827 bits per heavy atom. The average Bonchev–Trinajstić information content (AvgIpc) is 3.41. The number of hydrogen-bond donors (Lipinski definition) is 7. The Labute approximate surface area is 456 Å². The molecule has 0 saturated carbocycles. The second-order valence-electron chi connectivity index (χ2n) is 21.9. The zero-order valence-corrected chi connectivity index (χ0v) is 47.6. The fourth-order valence-electron chi connectivity index (χ4n) is 9.97. The first-order valence-corrected chi connectivity index (χ1v) is 30.9. The molecule has 2 heterocycles. The number of allylic oxidation sites excluding steroid dienone is 4. The van der Waals surface area contributed by atoms with Crippen molar-refractivity contribution < 1.29 is 69.0 Å². The summed E-state index contributed by atoms with van der Waals surface area (Å²) in [5, 5.41) is 72.4. The van der Waals surface area contributed by atoms with Crippen LogP contribution < -0.4 is 0 Å². The van der Waals surface area contributed by atoms with Crippen molar-refractivity contribution in [3.63, 3.8) is 0 Å². The maximum atomic E-state index is 13.1. The lowest BCUT2D eigenvalue weighted by molar-refractivity contribution is -0.332. The van der Waals surface area contributed by atoms with Gasteiger partial charge in [-0.2, -0.15) is 0 Å². The molecule has 0 aromatic rings. The normalized spacial score (nSPS) is 24.7. The highest BCUT2D eigenvalue weighted by molar-refractivity contribution is 5.69. The maximum Gasteiger partial charge on any atom is 0.306 e. The van der Waals surface area contributed by atoms with E-state index in [1.807, 2.05) is 0 Å². The quantitative estimate of drug-likeness (QED) is 0.0172. The van der Waals surface area contributed by atoms with E-state index < -0.39 is 80.7 Å². The summed E-state index contributed by atoms with van der Waals surface area (Å²) < 4.78 is 34.4. The number of unbranched alkanes of at least 4 members (excludes halogenated alkanes) is 33. The molecule has 14 nitrogen and oxygen atoms in total. The van der Waals surface area contributed by atoms with Crippen LogP contribution in [0.15, 0.2) is 24.3 Å². The molecule has 0 aromatic carbocycles. The van der Waals surface area contributed by atoms with Gasteiger partial charge in [-0.1, -0.05) is 231 Å². The number of ether oxygens (including phenoxy) is 6. The second kappa shape index (κ2) is 48.4. The molecule has 2 aliphatic rings. The van der Waals surface area contributed by atoms with Crippen molar-refractivity contribution >= 4 is 5.97 Å². The Bertz CT molecular complexity index is 1330. The number of carbonyl (C=O) groups is 1. The van der Waals surface area contributed by atoms with Gasteiger partial charge in [-0.15, -0.1) is 0 Å². The van der Waals surface area contributed by atoms with E-state index in [0.717, 1.165) is 51.4 Å². The molecule has 0 aliphatic carbocycles. The topological polar surface area (TPSA) is 214 Å². The van der Waals surface area contributed by atoms with Crippen LogP contribution in [0.1, 0.15) is 258 Å². The van der Waals surface area contributed by atoms with Gasteiger partial charge < -0.3 is 64.2 Å². The first-order valence-electron chi connectivity index (χ1n) is 30.9. The molecule has 0 aromatic heterocycles. The summed E-state index contributed by atoms with van der Waals surface area (Å²) in [6.45, 7) is 3.71. The monoisotopic (exact) mass is 1070 g/mol. The van der Waals surface area contributed by atoms with Crippen molar-refractivity contribution in [1.29, 1.82) is 0 Å². The van der Waals surface area contributed by atoms with Crippen LogP contribution in [0.5, 0.6) is 0 Å². The summed E-state index contributed by atoms with van der Waals surface area (Å²) in [5.74, 6) is -0.372. The van der Waals surface area contributed by atoms with E-state index in [4.69, 9.17) is 28.4 Å². The molecule has 2 fully saturated rings. The molecule has 442 valence electrons. The molecule has 2 rings (SSSR count). The predicted molar refractivity (Wildman–Crippen MR) is 298 cm³/mol. The van der Waals surface area contributed by atoms with Crippen molar-refractivity contribution in [2.24, 2.45) is 0 Å². The number of carbonyl (C=O) groups excluding carboxylic acids is 1. The minimum absolute atomic E-state index is 0.0620. The summed E-state index contributed by atoms with van der Waals surface area (Å²) >= 11 is 0. The first kappa shape index (κ1) is 69.6. The minimum Gasteiger partial charge on any atom is -0.457 e. The second-order valence-corrected chi connectivity index (χ2v) is 21.9. The molecule has 75 heavy (non-hydrogen) atoms. The van der Waals surface area contributed by atoms with Crippen molar-refractivity contribution in [2.45, 2.75) is 325 Å². The molecular formula is C61H114O14. The molecule has 0 bridgehead atoms. The van der Waals surface area contributed by atoms with Gasteiger partial charge in [0.2, 0.25) is 0 Å². The fourth-order valence-corrected chi connectivity index (χ4v) is 9.97. The third-order valence-corrected chi connectivity index (χ3v) is 15.0. The van der Waals surface area contributed by atoms with E-state index in [2.05, 4.69) is 38.2 Å². The van der Waals surface area contributed by atoms with Crippen molar-refractivity contribution in [1.82, 2.24) is 0 Å². The molecular weight excluding hydrogens is 957 g/mol. The molecule has 0 spiro atoms.